The van der Waals surface area contributed by atoms with Gasteiger partial charge in [-0.25, -0.2) is 0 Å². The molecule has 0 radical (unpaired) electrons. The Kier molecular flexibility index (Phi) is 4.56. The van der Waals surface area contributed by atoms with E-state index >= 15 is 0 Å². The summed E-state index contributed by atoms with van der Waals surface area (Å²) in [6, 6.07) is 10.4. The van der Waals surface area contributed by atoms with E-state index in [1.165, 1.54) is 12.7 Å². The fourth-order valence-electron chi connectivity index (χ4n) is 2.62. The molecule has 1 aromatic carbocycles. The molecule has 0 amide bonds. The van der Waals surface area contributed by atoms with Gasteiger partial charge < -0.3 is 10.5 Å². The minimum atomic E-state index is -0.805. The van der Waals surface area contributed by atoms with E-state index in [0.29, 0.717) is 12.8 Å². The minimum Gasteiger partial charge on any atom is -0.468 e. The second-order valence-electron chi connectivity index (χ2n) is 5.26. The van der Waals surface area contributed by atoms with Gasteiger partial charge in [0, 0.05) is 13.1 Å². The van der Waals surface area contributed by atoms with Crippen LogP contribution >= 0.6 is 0 Å². The predicted octanol–water partition coefficient (Wildman–Crippen LogP) is 1.54. The number of hydrogen-bond acceptors (Lipinski definition) is 4. The van der Waals surface area contributed by atoms with Crippen molar-refractivity contribution in [3.05, 3.63) is 35.9 Å². The Morgan fingerprint density at radius 2 is 2.05 bits per heavy atom. The van der Waals surface area contributed by atoms with Crippen LogP contribution in [0.25, 0.3) is 0 Å². The van der Waals surface area contributed by atoms with Gasteiger partial charge in [-0.1, -0.05) is 30.3 Å². The Labute approximate surface area is 114 Å². The maximum Gasteiger partial charge on any atom is 0.325 e. The smallest absolute Gasteiger partial charge is 0.325 e. The van der Waals surface area contributed by atoms with E-state index in [1.807, 2.05) is 6.07 Å². The SMILES string of the molecule is COC(=O)C1(N)CCCN(Cc2ccccc2)CC1. The van der Waals surface area contributed by atoms with E-state index < -0.39 is 5.54 Å². The molecule has 2 rings (SSSR count). The molecular formula is C15H22N2O2. The van der Waals surface area contributed by atoms with Crippen LogP contribution in [-0.2, 0) is 16.1 Å². The largest absolute Gasteiger partial charge is 0.468 e. The zero-order valence-corrected chi connectivity index (χ0v) is 11.5. The Morgan fingerprint density at radius 1 is 1.32 bits per heavy atom. The first-order valence-corrected chi connectivity index (χ1v) is 6.78. The standard InChI is InChI=1S/C15H22N2O2/c1-19-14(18)15(16)8-5-10-17(11-9-15)12-13-6-3-2-4-7-13/h2-4,6-7H,5,8-12,16H2,1H3. The van der Waals surface area contributed by atoms with Crippen molar-refractivity contribution in [1.82, 2.24) is 4.90 Å². The van der Waals surface area contributed by atoms with Gasteiger partial charge in [0.15, 0.2) is 0 Å². The van der Waals surface area contributed by atoms with Crippen LogP contribution in [0.1, 0.15) is 24.8 Å². The maximum atomic E-state index is 11.7. The van der Waals surface area contributed by atoms with Gasteiger partial charge in [0.1, 0.15) is 5.54 Å². The van der Waals surface area contributed by atoms with Gasteiger partial charge in [0.05, 0.1) is 7.11 Å². The summed E-state index contributed by atoms with van der Waals surface area (Å²) in [4.78, 5) is 14.1. The van der Waals surface area contributed by atoms with Crippen LogP contribution in [-0.4, -0.2) is 36.6 Å². The second-order valence-corrected chi connectivity index (χ2v) is 5.26. The van der Waals surface area contributed by atoms with Crippen molar-refractivity contribution in [2.75, 3.05) is 20.2 Å². The molecule has 4 nitrogen and oxygen atoms in total. The van der Waals surface area contributed by atoms with E-state index in [9.17, 15) is 4.79 Å². The number of likely N-dealkylation sites (tertiary alicyclic amines) is 1. The first-order chi connectivity index (χ1) is 9.14. The molecule has 1 unspecified atom stereocenters. The molecular weight excluding hydrogens is 240 g/mol. The summed E-state index contributed by atoms with van der Waals surface area (Å²) in [5, 5.41) is 0. The summed E-state index contributed by atoms with van der Waals surface area (Å²) in [5.74, 6) is -0.283. The zero-order valence-electron chi connectivity index (χ0n) is 11.5. The Balaban J connectivity index is 1.95. The average molecular weight is 262 g/mol. The number of nitrogens with two attached hydrogens (primary N) is 1. The van der Waals surface area contributed by atoms with E-state index in [2.05, 4.69) is 29.2 Å². The van der Waals surface area contributed by atoms with Crippen molar-refractivity contribution in [2.45, 2.75) is 31.3 Å². The summed E-state index contributed by atoms with van der Waals surface area (Å²) in [7, 11) is 1.41. The van der Waals surface area contributed by atoms with Crippen LogP contribution < -0.4 is 5.73 Å². The molecule has 4 heteroatoms. The lowest BCUT2D eigenvalue weighted by Crippen LogP contribution is -2.49. The number of esters is 1. The van der Waals surface area contributed by atoms with Gasteiger partial charge in [-0.05, 0) is 31.4 Å². The zero-order chi connectivity index (χ0) is 13.7. The minimum absolute atomic E-state index is 0.283. The Bertz CT molecular complexity index is 421. The first kappa shape index (κ1) is 14.0. The van der Waals surface area contributed by atoms with Crippen molar-refractivity contribution in [3.63, 3.8) is 0 Å². The molecule has 1 aromatic rings. The lowest BCUT2D eigenvalue weighted by Gasteiger charge is -2.25. The summed E-state index contributed by atoms with van der Waals surface area (Å²) in [5.41, 5.74) is 6.66. The highest BCUT2D eigenvalue weighted by molar-refractivity contribution is 5.80. The number of methoxy groups -OCH3 is 1. The van der Waals surface area contributed by atoms with Crippen molar-refractivity contribution < 1.29 is 9.53 Å². The number of ether oxygens (including phenoxy) is 1. The quantitative estimate of drug-likeness (QED) is 0.840. The van der Waals surface area contributed by atoms with E-state index in [4.69, 9.17) is 10.5 Å². The van der Waals surface area contributed by atoms with E-state index in [1.54, 1.807) is 0 Å². The molecule has 1 atom stereocenters. The molecule has 0 spiro atoms. The third-order valence-electron chi connectivity index (χ3n) is 3.81. The van der Waals surface area contributed by atoms with Gasteiger partial charge in [0.2, 0.25) is 0 Å². The van der Waals surface area contributed by atoms with Crippen molar-refractivity contribution >= 4 is 5.97 Å². The number of carbonyl (C=O) groups excluding carboxylic acids is 1. The first-order valence-electron chi connectivity index (χ1n) is 6.78. The Morgan fingerprint density at radius 3 is 2.74 bits per heavy atom. The van der Waals surface area contributed by atoms with Crippen molar-refractivity contribution in [3.8, 4) is 0 Å². The summed E-state index contributed by atoms with van der Waals surface area (Å²) in [6.45, 7) is 2.73. The molecule has 1 aliphatic heterocycles. The number of benzene rings is 1. The molecule has 19 heavy (non-hydrogen) atoms. The van der Waals surface area contributed by atoms with Crippen LogP contribution in [0.5, 0.6) is 0 Å². The van der Waals surface area contributed by atoms with Crippen LogP contribution in [0.4, 0.5) is 0 Å². The number of carbonyl (C=O) groups is 1. The van der Waals surface area contributed by atoms with Gasteiger partial charge in [-0.3, -0.25) is 9.69 Å². The summed E-state index contributed by atoms with van der Waals surface area (Å²) >= 11 is 0. The number of rotatable bonds is 3. The van der Waals surface area contributed by atoms with Crippen LogP contribution in [0.2, 0.25) is 0 Å². The van der Waals surface area contributed by atoms with Gasteiger partial charge in [0.25, 0.3) is 0 Å². The van der Waals surface area contributed by atoms with Crippen molar-refractivity contribution in [2.24, 2.45) is 5.73 Å². The number of hydrogen-bond donors (Lipinski definition) is 1. The van der Waals surface area contributed by atoms with Crippen molar-refractivity contribution in [1.29, 1.82) is 0 Å². The van der Waals surface area contributed by atoms with Gasteiger partial charge in [-0.2, -0.15) is 0 Å². The average Bonchev–Trinajstić information content (AvgIpc) is 2.62. The third kappa shape index (κ3) is 3.55. The molecule has 0 aliphatic carbocycles. The lowest BCUT2D eigenvalue weighted by atomic mass is 9.92. The molecule has 2 N–H and O–H groups in total. The Hall–Kier alpha value is -1.39. The molecule has 1 fully saturated rings. The van der Waals surface area contributed by atoms with E-state index in [-0.39, 0.29) is 5.97 Å². The monoisotopic (exact) mass is 262 g/mol. The fourth-order valence-corrected chi connectivity index (χ4v) is 2.62. The fraction of sp³-hybridized carbons (Fsp3) is 0.533. The van der Waals surface area contributed by atoms with E-state index in [0.717, 1.165) is 26.1 Å². The molecule has 0 bridgehead atoms. The summed E-state index contributed by atoms with van der Waals surface area (Å²) < 4.78 is 4.82. The highest BCUT2D eigenvalue weighted by atomic mass is 16.5. The number of nitrogens with zero attached hydrogens (tertiary/aromatic N) is 1. The maximum absolute atomic E-state index is 11.7. The summed E-state index contributed by atoms with van der Waals surface area (Å²) in [6.07, 6.45) is 2.29. The second kappa shape index (κ2) is 6.17. The van der Waals surface area contributed by atoms with Gasteiger partial charge in [-0.15, -0.1) is 0 Å². The molecule has 1 heterocycles. The topological polar surface area (TPSA) is 55.6 Å². The normalized spacial score (nSPS) is 24.7. The van der Waals surface area contributed by atoms with Crippen LogP contribution in [0.3, 0.4) is 0 Å². The van der Waals surface area contributed by atoms with Crippen LogP contribution in [0.15, 0.2) is 30.3 Å². The van der Waals surface area contributed by atoms with Crippen LogP contribution in [0, 0.1) is 0 Å². The third-order valence-corrected chi connectivity index (χ3v) is 3.81. The molecule has 0 aromatic heterocycles. The molecule has 104 valence electrons. The highest BCUT2D eigenvalue weighted by Crippen LogP contribution is 2.22. The lowest BCUT2D eigenvalue weighted by molar-refractivity contribution is -0.147. The van der Waals surface area contributed by atoms with Gasteiger partial charge >= 0.3 is 5.97 Å². The predicted molar refractivity (Wildman–Crippen MR) is 74.5 cm³/mol. The molecule has 1 saturated heterocycles. The molecule has 1 aliphatic rings. The molecule has 0 saturated carbocycles. The highest BCUT2D eigenvalue weighted by Gasteiger charge is 2.36.